The van der Waals surface area contributed by atoms with E-state index in [0.717, 1.165) is 55.8 Å². The fraction of sp³-hybridized carbons (Fsp3) is 0.545. The second-order valence-electron chi connectivity index (χ2n) is 8.00. The molecule has 2 aromatic rings. The largest absolute Gasteiger partial charge is 0.323 e. The van der Waals surface area contributed by atoms with E-state index in [1.807, 2.05) is 18.9 Å². The fourth-order valence-electron chi connectivity index (χ4n) is 4.19. The molecule has 1 aliphatic heterocycles. The monoisotopic (exact) mass is 383 g/mol. The summed E-state index contributed by atoms with van der Waals surface area (Å²) in [5.41, 5.74) is 4.59. The van der Waals surface area contributed by atoms with Crippen molar-refractivity contribution in [2.24, 2.45) is 7.05 Å². The first-order chi connectivity index (χ1) is 13.4. The van der Waals surface area contributed by atoms with Gasteiger partial charge < -0.3 is 9.80 Å². The Hall–Kier alpha value is -2.34. The lowest BCUT2D eigenvalue weighted by molar-refractivity contribution is 0.163. The highest BCUT2D eigenvalue weighted by Crippen LogP contribution is 2.32. The van der Waals surface area contributed by atoms with Crippen LogP contribution in [0.1, 0.15) is 54.6 Å². The lowest BCUT2D eigenvalue weighted by Crippen LogP contribution is -2.41. The van der Waals surface area contributed by atoms with Gasteiger partial charge in [-0.2, -0.15) is 5.10 Å². The van der Waals surface area contributed by atoms with Crippen molar-refractivity contribution in [3.05, 3.63) is 46.6 Å². The molecular weight excluding hydrogens is 350 g/mol. The molecule has 6 nitrogen and oxygen atoms in total. The zero-order valence-corrected chi connectivity index (χ0v) is 17.8. The zero-order chi connectivity index (χ0) is 20.3. The van der Waals surface area contributed by atoms with Gasteiger partial charge in [-0.1, -0.05) is 31.2 Å². The van der Waals surface area contributed by atoms with Crippen molar-refractivity contribution < 1.29 is 4.79 Å². The normalized spacial score (nSPS) is 17.2. The molecule has 0 unspecified atom stereocenters. The molecule has 3 rings (SSSR count). The molecule has 1 atom stereocenters. The van der Waals surface area contributed by atoms with Gasteiger partial charge in [-0.15, -0.1) is 0 Å². The standard InChI is InChI=1S/C22H33N5O/c1-6-19-16(2)24-26(5)21(19)23-22(28)27-14-8-7-9-20(27)18-12-10-17(11-13-18)15-25(3)4/h10-13,20H,6-9,14-15H2,1-5H3,(H,23,28)/t20-/m0/s1. The van der Waals surface area contributed by atoms with Crippen LogP contribution in [-0.4, -0.2) is 46.3 Å². The molecule has 1 aromatic carbocycles. The average molecular weight is 384 g/mol. The second kappa shape index (κ2) is 8.78. The van der Waals surface area contributed by atoms with Gasteiger partial charge in [0.1, 0.15) is 5.82 Å². The van der Waals surface area contributed by atoms with Crippen LogP contribution in [0.15, 0.2) is 24.3 Å². The Kier molecular flexibility index (Phi) is 6.39. The van der Waals surface area contributed by atoms with Crippen LogP contribution in [0.5, 0.6) is 0 Å². The average Bonchev–Trinajstić information content (AvgIpc) is 2.94. The number of aromatic nitrogens is 2. The smallest absolute Gasteiger partial charge is 0.317 e. The molecule has 0 aliphatic carbocycles. The third-order valence-corrected chi connectivity index (χ3v) is 5.55. The number of aryl methyl sites for hydroxylation is 2. The van der Waals surface area contributed by atoms with E-state index < -0.39 is 0 Å². The van der Waals surface area contributed by atoms with Gasteiger partial charge in [0.2, 0.25) is 0 Å². The highest BCUT2D eigenvalue weighted by Gasteiger charge is 2.29. The van der Waals surface area contributed by atoms with Crippen LogP contribution < -0.4 is 5.32 Å². The van der Waals surface area contributed by atoms with Crippen LogP contribution >= 0.6 is 0 Å². The Morgan fingerprint density at radius 3 is 2.61 bits per heavy atom. The number of carbonyl (C=O) groups excluding carboxylic acids is 1. The summed E-state index contributed by atoms with van der Waals surface area (Å²) in [6.45, 7) is 5.80. The van der Waals surface area contributed by atoms with E-state index in [2.05, 4.69) is 60.6 Å². The first-order valence-corrected chi connectivity index (χ1v) is 10.2. The van der Waals surface area contributed by atoms with E-state index in [1.165, 1.54) is 11.1 Å². The molecule has 1 aromatic heterocycles. The number of urea groups is 1. The van der Waals surface area contributed by atoms with Crippen LogP contribution in [0.4, 0.5) is 10.6 Å². The third-order valence-electron chi connectivity index (χ3n) is 5.55. The fourth-order valence-corrected chi connectivity index (χ4v) is 4.19. The van der Waals surface area contributed by atoms with Gasteiger partial charge in [0.05, 0.1) is 11.7 Å². The molecule has 2 amide bonds. The van der Waals surface area contributed by atoms with Crippen LogP contribution in [-0.2, 0) is 20.0 Å². The second-order valence-corrected chi connectivity index (χ2v) is 8.00. The summed E-state index contributed by atoms with van der Waals surface area (Å²) < 4.78 is 1.78. The number of rotatable bonds is 5. The van der Waals surface area contributed by atoms with Gasteiger partial charge >= 0.3 is 6.03 Å². The molecule has 2 heterocycles. The van der Waals surface area contributed by atoms with E-state index in [9.17, 15) is 4.79 Å². The van der Waals surface area contributed by atoms with Crippen molar-refractivity contribution in [2.75, 3.05) is 26.0 Å². The minimum Gasteiger partial charge on any atom is -0.317 e. The molecule has 1 saturated heterocycles. The van der Waals surface area contributed by atoms with E-state index in [4.69, 9.17) is 0 Å². The van der Waals surface area contributed by atoms with Gasteiger partial charge in [-0.3, -0.25) is 10.00 Å². The molecule has 0 saturated carbocycles. The van der Waals surface area contributed by atoms with Crippen molar-refractivity contribution >= 4 is 11.8 Å². The summed E-state index contributed by atoms with van der Waals surface area (Å²) in [5.74, 6) is 0.815. The number of carbonyl (C=O) groups is 1. The van der Waals surface area contributed by atoms with Gasteiger partial charge in [-0.05, 0) is 57.8 Å². The Balaban J connectivity index is 1.78. The van der Waals surface area contributed by atoms with Gasteiger partial charge in [-0.25, -0.2) is 4.79 Å². The molecule has 1 N–H and O–H groups in total. The van der Waals surface area contributed by atoms with Crippen LogP contribution in [0.25, 0.3) is 0 Å². The zero-order valence-electron chi connectivity index (χ0n) is 17.8. The Morgan fingerprint density at radius 2 is 1.96 bits per heavy atom. The van der Waals surface area contributed by atoms with Crippen molar-refractivity contribution in [1.82, 2.24) is 19.6 Å². The molecule has 1 aliphatic rings. The van der Waals surface area contributed by atoms with E-state index >= 15 is 0 Å². The van der Waals surface area contributed by atoms with Crippen molar-refractivity contribution in [2.45, 2.75) is 52.1 Å². The van der Waals surface area contributed by atoms with Crippen molar-refractivity contribution in [1.29, 1.82) is 0 Å². The third kappa shape index (κ3) is 4.38. The maximum Gasteiger partial charge on any atom is 0.323 e. The lowest BCUT2D eigenvalue weighted by Gasteiger charge is -2.36. The SMILES string of the molecule is CCc1c(C)nn(C)c1NC(=O)N1CCCC[C@H]1c1ccc(CN(C)C)cc1. The van der Waals surface area contributed by atoms with Crippen molar-refractivity contribution in [3.8, 4) is 0 Å². The number of nitrogens with one attached hydrogen (secondary N) is 1. The number of amides is 2. The molecular formula is C22H33N5O. The summed E-state index contributed by atoms with van der Waals surface area (Å²) in [6, 6.07) is 8.82. The van der Waals surface area contributed by atoms with E-state index in [1.54, 1.807) is 4.68 Å². The quantitative estimate of drug-likeness (QED) is 0.845. The number of benzene rings is 1. The van der Waals surface area contributed by atoms with Crippen LogP contribution in [0.2, 0.25) is 0 Å². The number of anilines is 1. The maximum atomic E-state index is 13.2. The van der Waals surface area contributed by atoms with Crippen LogP contribution in [0.3, 0.4) is 0 Å². The predicted octanol–water partition coefficient (Wildman–Crippen LogP) is 4.11. The maximum absolute atomic E-state index is 13.2. The topological polar surface area (TPSA) is 53.4 Å². The first kappa shape index (κ1) is 20.4. The molecule has 152 valence electrons. The Labute approximate surface area is 168 Å². The number of piperidine rings is 1. The van der Waals surface area contributed by atoms with Gasteiger partial charge in [0, 0.05) is 25.7 Å². The molecule has 1 fully saturated rings. The minimum atomic E-state index is -0.0280. The van der Waals surface area contributed by atoms with E-state index in [-0.39, 0.29) is 12.1 Å². The highest BCUT2D eigenvalue weighted by atomic mass is 16.2. The van der Waals surface area contributed by atoms with Crippen LogP contribution in [0, 0.1) is 6.92 Å². The van der Waals surface area contributed by atoms with Crippen molar-refractivity contribution in [3.63, 3.8) is 0 Å². The number of likely N-dealkylation sites (tertiary alicyclic amines) is 1. The Bertz CT molecular complexity index is 809. The minimum absolute atomic E-state index is 0.0280. The first-order valence-electron chi connectivity index (χ1n) is 10.2. The predicted molar refractivity (Wildman–Crippen MR) is 113 cm³/mol. The Morgan fingerprint density at radius 1 is 1.25 bits per heavy atom. The molecule has 28 heavy (non-hydrogen) atoms. The molecule has 0 bridgehead atoms. The number of hydrogen-bond acceptors (Lipinski definition) is 3. The van der Waals surface area contributed by atoms with Gasteiger partial charge in [0.15, 0.2) is 0 Å². The lowest BCUT2D eigenvalue weighted by atomic mass is 9.95. The number of hydrogen-bond donors (Lipinski definition) is 1. The highest BCUT2D eigenvalue weighted by molar-refractivity contribution is 5.89. The summed E-state index contributed by atoms with van der Waals surface area (Å²) in [6.07, 6.45) is 4.06. The van der Waals surface area contributed by atoms with Gasteiger partial charge in [0.25, 0.3) is 0 Å². The summed E-state index contributed by atoms with van der Waals surface area (Å²) >= 11 is 0. The molecule has 6 heteroatoms. The molecule has 0 spiro atoms. The molecule has 0 radical (unpaired) electrons. The van der Waals surface area contributed by atoms with E-state index in [0.29, 0.717) is 0 Å². The summed E-state index contributed by atoms with van der Waals surface area (Å²) in [5, 5.41) is 7.61. The summed E-state index contributed by atoms with van der Waals surface area (Å²) in [4.78, 5) is 17.3. The number of nitrogens with zero attached hydrogens (tertiary/aromatic N) is 4. The summed E-state index contributed by atoms with van der Waals surface area (Å²) in [7, 11) is 6.04.